The van der Waals surface area contributed by atoms with Gasteiger partial charge in [-0.15, -0.1) is 5.10 Å². The number of aromatic nitrogens is 4. The third-order valence-electron chi connectivity index (χ3n) is 5.36. The summed E-state index contributed by atoms with van der Waals surface area (Å²) in [6.45, 7) is 3.52. The maximum Gasteiger partial charge on any atom is 0.345 e. The van der Waals surface area contributed by atoms with E-state index in [1.165, 1.54) is 0 Å². The minimum atomic E-state index is -1.45. The molecule has 1 atom stereocenters. The molecular weight excluding hydrogens is 374 g/mol. The zero-order valence-corrected chi connectivity index (χ0v) is 15.9. The molecule has 3 N–H and O–H groups in total. The van der Waals surface area contributed by atoms with E-state index < -0.39 is 22.8 Å². The van der Waals surface area contributed by atoms with E-state index in [0.717, 1.165) is 25.2 Å². The highest BCUT2D eigenvalue weighted by molar-refractivity contribution is 5.92. The Morgan fingerprint density at radius 3 is 2.69 bits per heavy atom. The van der Waals surface area contributed by atoms with Gasteiger partial charge < -0.3 is 20.1 Å². The molecule has 150 valence electrons. The van der Waals surface area contributed by atoms with Crippen molar-refractivity contribution in [2.24, 2.45) is 0 Å². The third-order valence-corrected chi connectivity index (χ3v) is 5.36. The van der Waals surface area contributed by atoms with E-state index in [4.69, 9.17) is 0 Å². The normalized spacial score (nSPS) is 16.3. The Morgan fingerprint density at radius 2 is 2.07 bits per heavy atom. The van der Waals surface area contributed by atoms with Crippen molar-refractivity contribution in [2.75, 3.05) is 18.0 Å². The summed E-state index contributed by atoms with van der Waals surface area (Å²) in [5, 5.41) is 27.4. The molecule has 3 aromatic rings. The quantitative estimate of drug-likeness (QED) is 0.604. The highest BCUT2D eigenvalue weighted by atomic mass is 16.4. The molecule has 0 spiro atoms. The van der Waals surface area contributed by atoms with Gasteiger partial charge in [0.05, 0.1) is 17.9 Å². The van der Waals surface area contributed by atoms with Crippen LogP contribution in [0.1, 0.15) is 35.3 Å². The lowest BCUT2D eigenvalue weighted by atomic mass is 10.0. The molecule has 1 unspecified atom stereocenters. The van der Waals surface area contributed by atoms with Gasteiger partial charge in [0.1, 0.15) is 5.75 Å². The molecule has 1 fully saturated rings. The minimum Gasteiger partial charge on any atom is -0.506 e. The lowest BCUT2D eigenvalue weighted by Gasteiger charge is -2.19. The van der Waals surface area contributed by atoms with Gasteiger partial charge in [-0.05, 0) is 30.5 Å². The first-order chi connectivity index (χ1) is 14.0. The highest BCUT2D eigenvalue weighted by Crippen LogP contribution is 2.32. The molecule has 1 aliphatic heterocycles. The zero-order valence-electron chi connectivity index (χ0n) is 15.9. The van der Waals surface area contributed by atoms with Crippen molar-refractivity contribution in [1.82, 2.24) is 20.0 Å². The van der Waals surface area contributed by atoms with Crippen molar-refractivity contribution in [1.29, 1.82) is 0 Å². The van der Waals surface area contributed by atoms with Crippen LogP contribution in [0, 0.1) is 0 Å². The first-order valence-corrected chi connectivity index (χ1v) is 9.42. The maximum atomic E-state index is 12.2. The van der Waals surface area contributed by atoms with Crippen molar-refractivity contribution in [3.63, 3.8) is 0 Å². The fourth-order valence-electron chi connectivity index (χ4n) is 3.86. The Bertz CT molecular complexity index is 1090. The predicted molar refractivity (Wildman–Crippen MR) is 106 cm³/mol. The number of rotatable bonds is 5. The number of aromatic hydroxyl groups is 1. The van der Waals surface area contributed by atoms with Crippen molar-refractivity contribution >= 4 is 11.7 Å². The second-order valence-electron chi connectivity index (χ2n) is 7.01. The molecule has 4 rings (SSSR count). The number of carbonyl (C=O) groups is 1. The van der Waals surface area contributed by atoms with Crippen LogP contribution < -0.4 is 10.5 Å². The van der Waals surface area contributed by atoms with Gasteiger partial charge in [-0.3, -0.25) is 4.79 Å². The summed E-state index contributed by atoms with van der Waals surface area (Å²) < 4.78 is 1.87. The zero-order chi connectivity index (χ0) is 20.5. The van der Waals surface area contributed by atoms with Gasteiger partial charge in [0.15, 0.2) is 5.56 Å². The number of hydrogen-bond acceptors (Lipinski definition) is 6. The molecule has 9 nitrogen and oxygen atoms in total. The second kappa shape index (κ2) is 7.42. The number of carboxylic acid groups (broad SMARTS) is 1. The number of aromatic amines is 1. The summed E-state index contributed by atoms with van der Waals surface area (Å²) in [5.41, 5.74) is 1.15. The maximum absolute atomic E-state index is 12.2. The van der Waals surface area contributed by atoms with Crippen LogP contribution in [0.25, 0.3) is 11.3 Å². The Kier molecular flexibility index (Phi) is 4.79. The van der Waals surface area contributed by atoms with E-state index in [-0.39, 0.29) is 6.04 Å². The van der Waals surface area contributed by atoms with Gasteiger partial charge in [0, 0.05) is 30.5 Å². The molecule has 1 aromatic carbocycles. The predicted octanol–water partition coefficient (Wildman–Crippen LogP) is 2.05. The van der Waals surface area contributed by atoms with E-state index >= 15 is 0 Å². The van der Waals surface area contributed by atoms with Crippen LogP contribution in [0.15, 0.2) is 41.5 Å². The van der Waals surface area contributed by atoms with E-state index in [1.807, 2.05) is 35.1 Å². The number of H-pyrrole nitrogens is 1. The van der Waals surface area contributed by atoms with E-state index in [1.54, 1.807) is 13.1 Å². The monoisotopic (exact) mass is 395 g/mol. The van der Waals surface area contributed by atoms with E-state index in [0.29, 0.717) is 23.2 Å². The van der Waals surface area contributed by atoms with Crippen LogP contribution in [-0.2, 0) is 6.42 Å². The van der Waals surface area contributed by atoms with Gasteiger partial charge in [-0.2, -0.15) is 0 Å². The summed E-state index contributed by atoms with van der Waals surface area (Å²) in [5.74, 6) is -1.92. The molecule has 0 amide bonds. The van der Waals surface area contributed by atoms with Gasteiger partial charge in [-0.25, -0.2) is 9.48 Å². The van der Waals surface area contributed by atoms with Gasteiger partial charge in [-0.1, -0.05) is 24.3 Å². The van der Waals surface area contributed by atoms with Crippen molar-refractivity contribution in [3.05, 3.63) is 58.1 Å². The molecule has 0 radical (unpaired) electrons. The fraction of sp³-hybridized carbons (Fsp3) is 0.300. The number of benzene rings is 1. The fourth-order valence-corrected chi connectivity index (χ4v) is 3.86. The summed E-state index contributed by atoms with van der Waals surface area (Å²) in [6, 6.07) is 7.92. The Morgan fingerprint density at radius 1 is 1.31 bits per heavy atom. The number of anilines is 1. The Labute approximate surface area is 166 Å². The number of nitrogens with one attached hydrogen (secondary N) is 1. The standard InChI is InChI=1S/C20H21N5O4/c1-2-15-17(22-19(27)16(18(15)26)20(28)29)12-3-5-13(6-4-12)24-9-7-14(11-24)25-10-8-21-23-25/h3-6,8,10,14H,2,7,9,11H2,1H3,(H,28,29)(H2,22,26,27). The lowest BCUT2D eigenvalue weighted by Crippen LogP contribution is -2.21. The Hall–Kier alpha value is -3.62. The van der Waals surface area contributed by atoms with Crippen molar-refractivity contribution in [3.8, 4) is 17.0 Å². The van der Waals surface area contributed by atoms with Crippen LogP contribution in [0.2, 0.25) is 0 Å². The summed E-state index contributed by atoms with van der Waals surface area (Å²) >= 11 is 0. The average Bonchev–Trinajstić information content (AvgIpc) is 3.39. The topological polar surface area (TPSA) is 124 Å². The Balaban J connectivity index is 1.62. The molecule has 0 saturated carbocycles. The van der Waals surface area contributed by atoms with Gasteiger partial charge >= 0.3 is 5.97 Å². The molecule has 29 heavy (non-hydrogen) atoms. The smallest absolute Gasteiger partial charge is 0.345 e. The molecule has 3 heterocycles. The van der Waals surface area contributed by atoms with Crippen LogP contribution in [-0.4, -0.2) is 49.2 Å². The molecule has 1 saturated heterocycles. The molecule has 9 heteroatoms. The molecule has 0 bridgehead atoms. The van der Waals surface area contributed by atoms with Crippen molar-refractivity contribution in [2.45, 2.75) is 25.8 Å². The first kappa shape index (κ1) is 18.7. The van der Waals surface area contributed by atoms with Gasteiger partial charge in [0.2, 0.25) is 0 Å². The SMILES string of the molecule is CCc1c(-c2ccc(N3CCC(n4ccnn4)C3)cc2)[nH]c(=O)c(C(=O)O)c1O. The van der Waals surface area contributed by atoms with Crippen LogP contribution in [0.3, 0.4) is 0 Å². The summed E-state index contributed by atoms with van der Waals surface area (Å²) in [7, 11) is 0. The number of nitrogens with zero attached hydrogens (tertiary/aromatic N) is 4. The third kappa shape index (κ3) is 3.35. The van der Waals surface area contributed by atoms with Gasteiger partial charge in [0.25, 0.3) is 5.56 Å². The first-order valence-electron chi connectivity index (χ1n) is 9.42. The largest absolute Gasteiger partial charge is 0.506 e. The molecule has 0 aliphatic carbocycles. The average molecular weight is 395 g/mol. The summed E-state index contributed by atoms with van der Waals surface area (Å²) in [4.78, 5) is 28.3. The van der Waals surface area contributed by atoms with Crippen molar-refractivity contribution < 1.29 is 15.0 Å². The van der Waals surface area contributed by atoms with E-state index in [9.17, 15) is 19.8 Å². The second-order valence-corrected chi connectivity index (χ2v) is 7.01. The molecular formula is C20H21N5O4. The number of hydrogen-bond donors (Lipinski definition) is 3. The van der Waals surface area contributed by atoms with E-state index in [2.05, 4.69) is 20.2 Å². The molecule has 1 aliphatic rings. The van der Waals surface area contributed by atoms with Crippen LogP contribution >= 0.6 is 0 Å². The number of pyridine rings is 1. The summed E-state index contributed by atoms with van der Waals surface area (Å²) in [6.07, 6.45) is 4.90. The number of aromatic carboxylic acids is 1. The van der Waals surface area contributed by atoms with Crippen LogP contribution in [0.5, 0.6) is 5.75 Å². The molecule has 2 aromatic heterocycles. The minimum absolute atomic E-state index is 0.278. The van der Waals surface area contributed by atoms with Crippen LogP contribution in [0.4, 0.5) is 5.69 Å². The number of carboxylic acids is 1. The highest BCUT2D eigenvalue weighted by Gasteiger charge is 2.25. The lowest BCUT2D eigenvalue weighted by molar-refractivity contribution is 0.0691.